The second-order valence-corrected chi connectivity index (χ2v) is 10.9. The highest BCUT2D eigenvalue weighted by molar-refractivity contribution is 5.97. The van der Waals surface area contributed by atoms with Crippen LogP contribution in [0.3, 0.4) is 0 Å². The number of hydrogen-bond acceptors (Lipinski definition) is 6. The number of hydrogen-bond donors (Lipinski definition) is 2. The quantitative estimate of drug-likeness (QED) is 0.677. The van der Waals surface area contributed by atoms with Crippen molar-refractivity contribution in [3.05, 3.63) is 33.9 Å². The Balaban J connectivity index is 1.49. The van der Waals surface area contributed by atoms with Gasteiger partial charge in [-0.2, -0.15) is 0 Å². The second-order valence-electron chi connectivity index (χ2n) is 10.9. The average Bonchev–Trinajstić information content (AvgIpc) is 3.34. The molecule has 1 aromatic carbocycles. The molecule has 1 saturated carbocycles. The van der Waals surface area contributed by atoms with Crippen molar-refractivity contribution < 1.29 is 28.6 Å². The van der Waals surface area contributed by atoms with E-state index in [1.54, 1.807) is 6.92 Å². The highest BCUT2D eigenvalue weighted by Crippen LogP contribution is 2.49. The van der Waals surface area contributed by atoms with E-state index in [1.807, 2.05) is 25.7 Å². The molecule has 2 fully saturated rings. The summed E-state index contributed by atoms with van der Waals surface area (Å²) in [5.74, 6) is -1.51. The van der Waals surface area contributed by atoms with Crippen LogP contribution in [0.2, 0.25) is 0 Å². The topological polar surface area (TPSA) is 110 Å². The molecule has 1 aromatic heterocycles. The Labute approximate surface area is 201 Å². The van der Waals surface area contributed by atoms with Crippen LogP contribution in [0.5, 0.6) is 5.75 Å². The van der Waals surface area contributed by atoms with E-state index in [2.05, 4.69) is 5.32 Å². The van der Waals surface area contributed by atoms with Gasteiger partial charge in [0, 0.05) is 29.9 Å². The summed E-state index contributed by atoms with van der Waals surface area (Å²) in [6.45, 7) is 8.42. The maximum atomic E-state index is 15.5. The molecule has 1 aliphatic carbocycles. The Morgan fingerprint density at radius 1 is 1.29 bits per heavy atom. The van der Waals surface area contributed by atoms with Crippen molar-refractivity contribution in [2.75, 3.05) is 24.6 Å². The van der Waals surface area contributed by atoms with Gasteiger partial charge in [-0.15, -0.1) is 0 Å². The number of carbonyl (C=O) groups excluding carboxylic acids is 1. The molecule has 2 atom stereocenters. The molecule has 0 unspecified atom stereocenters. The number of carboxylic acids is 1. The number of pyridine rings is 1. The molecule has 2 aromatic rings. The maximum absolute atomic E-state index is 15.5. The number of amides is 1. The van der Waals surface area contributed by atoms with E-state index in [4.69, 9.17) is 9.47 Å². The van der Waals surface area contributed by atoms with Crippen LogP contribution in [-0.4, -0.2) is 52.6 Å². The normalized spacial score (nSPS) is 22.6. The van der Waals surface area contributed by atoms with Gasteiger partial charge in [0.1, 0.15) is 23.5 Å². The molecule has 0 spiro atoms. The largest absolute Gasteiger partial charge is 0.487 e. The van der Waals surface area contributed by atoms with E-state index >= 15 is 4.39 Å². The summed E-state index contributed by atoms with van der Waals surface area (Å²) in [4.78, 5) is 38.8. The lowest BCUT2D eigenvalue weighted by atomic mass is 9.96. The number of nitrogens with zero attached hydrogens (tertiary/aromatic N) is 2. The zero-order valence-electron chi connectivity index (χ0n) is 20.3. The first-order valence-corrected chi connectivity index (χ1v) is 11.9. The van der Waals surface area contributed by atoms with Crippen molar-refractivity contribution in [3.8, 4) is 5.75 Å². The van der Waals surface area contributed by atoms with Gasteiger partial charge in [0.25, 0.3) is 5.56 Å². The first kappa shape index (κ1) is 23.4. The number of carbonyl (C=O) groups is 2. The lowest BCUT2D eigenvalue weighted by molar-refractivity contribution is 0.0477. The molecule has 5 rings (SSSR count). The molecular formula is C25H30FN3O6. The summed E-state index contributed by atoms with van der Waals surface area (Å²) < 4.78 is 28.3. The number of alkyl carbamates (subject to hydrolysis) is 1. The standard InChI is InChI=1S/C25H30FN3O6/c1-13-12-34-20-18-14(9-16(22(31)32)21(30)29(13)18)10-17(26)19(20)28-8-5-15(11-28)25(6-7-25)27-23(33)35-24(2,3)4/h9-10,13,15H,5-8,11-12H2,1-4H3,(H,27,33)(H,31,32)/t13-,15+/m0/s1. The summed E-state index contributed by atoms with van der Waals surface area (Å²) in [5, 5.41) is 12.8. The number of halogens is 1. The third-order valence-corrected chi connectivity index (χ3v) is 7.17. The smallest absolute Gasteiger partial charge is 0.408 e. The number of aromatic carboxylic acids is 1. The Morgan fingerprint density at radius 2 is 2.00 bits per heavy atom. The van der Waals surface area contributed by atoms with E-state index in [1.165, 1.54) is 16.7 Å². The fraction of sp³-hybridized carbons (Fsp3) is 0.560. The van der Waals surface area contributed by atoms with Crippen molar-refractivity contribution in [1.82, 2.24) is 9.88 Å². The van der Waals surface area contributed by atoms with Crippen LogP contribution in [0.15, 0.2) is 16.9 Å². The molecule has 3 heterocycles. The molecular weight excluding hydrogens is 457 g/mol. The van der Waals surface area contributed by atoms with E-state index in [9.17, 15) is 19.5 Å². The molecule has 0 bridgehead atoms. The van der Waals surface area contributed by atoms with Crippen LogP contribution >= 0.6 is 0 Å². The van der Waals surface area contributed by atoms with Crippen LogP contribution in [0.1, 0.15) is 63.4 Å². The fourth-order valence-corrected chi connectivity index (χ4v) is 5.41. The summed E-state index contributed by atoms with van der Waals surface area (Å²) in [7, 11) is 0. The van der Waals surface area contributed by atoms with Crippen LogP contribution in [0.4, 0.5) is 14.9 Å². The van der Waals surface area contributed by atoms with Gasteiger partial charge < -0.3 is 24.8 Å². The molecule has 2 N–H and O–H groups in total. The van der Waals surface area contributed by atoms with Gasteiger partial charge in [0.15, 0.2) is 11.6 Å². The summed E-state index contributed by atoms with van der Waals surface area (Å²) in [5.41, 5.74) is -1.30. The fourth-order valence-electron chi connectivity index (χ4n) is 5.41. The number of aromatic nitrogens is 1. The highest BCUT2D eigenvalue weighted by Gasteiger charge is 2.53. The zero-order chi connectivity index (χ0) is 25.3. The highest BCUT2D eigenvalue weighted by atomic mass is 19.1. The number of ether oxygens (including phenoxy) is 2. The van der Waals surface area contributed by atoms with Crippen LogP contribution in [0, 0.1) is 11.7 Å². The van der Waals surface area contributed by atoms with Crippen LogP contribution in [-0.2, 0) is 4.74 Å². The van der Waals surface area contributed by atoms with E-state index < -0.39 is 40.6 Å². The van der Waals surface area contributed by atoms with E-state index in [-0.39, 0.29) is 29.5 Å². The molecule has 1 saturated heterocycles. The van der Waals surface area contributed by atoms with Crippen molar-refractivity contribution in [3.63, 3.8) is 0 Å². The molecule has 188 valence electrons. The van der Waals surface area contributed by atoms with E-state index in [0.29, 0.717) is 24.0 Å². The molecule has 2 aliphatic heterocycles. The Hall–Kier alpha value is -3.30. The van der Waals surface area contributed by atoms with Crippen molar-refractivity contribution >= 4 is 28.7 Å². The number of rotatable bonds is 4. The Morgan fingerprint density at radius 3 is 2.63 bits per heavy atom. The van der Waals surface area contributed by atoms with Gasteiger partial charge in [0.2, 0.25) is 0 Å². The predicted molar refractivity (Wildman–Crippen MR) is 127 cm³/mol. The van der Waals surface area contributed by atoms with Crippen molar-refractivity contribution in [2.45, 2.75) is 64.1 Å². The summed E-state index contributed by atoms with van der Waals surface area (Å²) >= 11 is 0. The monoisotopic (exact) mass is 487 g/mol. The minimum Gasteiger partial charge on any atom is -0.487 e. The first-order chi connectivity index (χ1) is 16.4. The molecule has 1 amide bonds. The SMILES string of the molecule is C[C@H]1COc2c(N3CC[C@@H](C4(NC(=O)OC(C)(C)C)CC4)C3)c(F)cc3cc(C(=O)O)c(=O)n1c23. The van der Waals surface area contributed by atoms with Gasteiger partial charge in [-0.1, -0.05) is 0 Å². The molecule has 35 heavy (non-hydrogen) atoms. The zero-order valence-corrected chi connectivity index (χ0v) is 20.3. The average molecular weight is 488 g/mol. The molecule has 3 aliphatic rings. The van der Waals surface area contributed by atoms with Gasteiger partial charge in [-0.05, 0) is 59.1 Å². The van der Waals surface area contributed by atoms with Gasteiger partial charge in [-0.25, -0.2) is 14.0 Å². The Kier molecular flexibility index (Phi) is 5.26. The van der Waals surface area contributed by atoms with Crippen LogP contribution < -0.4 is 20.5 Å². The van der Waals surface area contributed by atoms with Crippen LogP contribution in [0.25, 0.3) is 10.9 Å². The number of carboxylic acid groups (broad SMARTS) is 1. The molecule has 10 heteroatoms. The first-order valence-electron chi connectivity index (χ1n) is 11.9. The second kappa shape index (κ2) is 7.86. The van der Waals surface area contributed by atoms with E-state index in [0.717, 1.165) is 19.3 Å². The van der Waals surface area contributed by atoms with Crippen molar-refractivity contribution in [2.24, 2.45) is 5.92 Å². The number of nitrogens with one attached hydrogen (secondary N) is 1. The molecule has 9 nitrogen and oxygen atoms in total. The predicted octanol–water partition coefficient (Wildman–Crippen LogP) is 3.68. The number of benzene rings is 1. The lowest BCUT2D eigenvalue weighted by Crippen LogP contribution is -2.45. The maximum Gasteiger partial charge on any atom is 0.408 e. The number of anilines is 1. The van der Waals surface area contributed by atoms with Crippen molar-refractivity contribution in [1.29, 1.82) is 0 Å². The van der Waals surface area contributed by atoms with Gasteiger partial charge >= 0.3 is 12.1 Å². The summed E-state index contributed by atoms with van der Waals surface area (Å²) in [6.07, 6.45) is 1.98. The third kappa shape index (κ3) is 3.98. The van der Waals surface area contributed by atoms with Gasteiger partial charge in [-0.3, -0.25) is 9.36 Å². The lowest BCUT2D eigenvalue weighted by Gasteiger charge is -2.31. The Bertz CT molecular complexity index is 1290. The third-order valence-electron chi connectivity index (χ3n) is 7.17. The molecule has 0 radical (unpaired) electrons. The summed E-state index contributed by atoms with van der Waals surface area (Å²) in [6, 6.07) is 2.09. The minimum atomic E-state index is -1.35. The minimum absolute atomic E-state index is 0.108. The van der Waals surface area contributed by atoms with Gasteiger partial charge in [0.05, 0.1) is 11.6 Å².